The SMILES string of the molecule is CC(=Cc1ccc(O[C@H]2C[C@H](O)[C@@H](C(C)N=NCc3cccc(Cl)c3)O2)c(F)c1)C(=O)N[C@@H]1[C@H](O)[C@@H](O)[C@H]2OCO[C@H]2[C@@H]1O. The summed E-state index contributed by atoms with van der Waals surface area (Å²) < 4.78 is 37.0. The van der Waals surface area contributed by atoms with Crippen molar-refractivity contribution < 1.29 is 48.6 Å². The van der Waals surface area contributed by atoms with Crippen molar-refractivity contribution in [2.24, 2.45) is 10.2 Å². The molecule has 12 nitrogen and oxygen atoms in total. The van der Waals surface area contributed by atoms with Gasteiger partial charge >= 0.3 is 0 Å². The van der Waals surface area contributed by atoms with Crippen LogP contribution in [-0.4, -0.2) is 94.2 Å². The van der Waals surface area contributed by atoms with Crippen molar-refractivity contribution in [3.8, 4) is 5.75 Å². The number of halogens is 2. The summed E-state index contributed by atoms with van der Waals surface area (Å²) in [5, 5.41) is 53.3. The Kier molecular flexibility index (Phi) is 10.3. The molecule has 1 amide bonds. The van der Waals surface area contributed by atoms with E-state index in [0.717, 1.165) is 5.56 Å². The molecule has 14 heteroatoms. The molecular weight excluding hydrogens is 601 g/mol. The smallest absolute Gasteiger partial charge is 0.247 e. The normalized spacial score (nSPS) is 32.9. The maximum absolute atomic E-state index is 15.0. The molecule has 5 N–H and O–H groups in total. The topological polar surface area (TPSA) is 172 Å². The van der Waals surface area contributed by atoms with Crippen LogP contribution in [-0.2, 0) is 25.5 Å². The highest BCUT2D eigenvalue weighted by molar-refractivity contribution is 6.30. The molecule has 2 aliphatic heterocycles. The fourth-order valence-electron chi connectivity index (χ4n) is 5.50. The number of carbonyl (C=O) groups excluding carboxylic acids is 1. The number of rotatable bonds is 9. The molecule has 0 bridgehead atoms. The van der Waals surface area contributed by atoms with Gasteiger partial charge in [0.15, 0.2) is 11.6 Å². The van der Waals surface area contributed by atoms with E-state index in [9.17, 15) is 29.6 Å². The van der Waals surface area contributed by atoms with Crippen LogP contribution in [0.2, 0.25) is 5.02 Å². The summed E-state index contributed by atoms with van der Waals surface area (Å²) >= 11 is 5.99. The van der Waals surface area contributed by atoms with Crippen molar-refractivity contribution in [1.82, 2.24) is 5.32 Å². The van der Waals surface area contributed by atoms with Crippen molar-refractivity contribution in [1.29, 1.82) is 0 Å². The number of aliphatic hydroxyl groups is 4. The fraction of sp³-hybridized carbons (Fsp3) is 0.500. The number of azo groups is 1. The second kappa shape index (κ2) is 14.0. The van der Waals surface area contributed by atoms with Gasteiger partial charge in [0.05, 0.1) is 24.7 Å². The summed E-state index contributed by atoms with van der Waals surface area (Å²) in [5.41, 5.74) is 1.39. The molecule has 44 heavy (non-hydrogen) atoms. The lowest BCUT2D eigenvalue weighted by Gasteiger charge is -2.41. The molecule has 2 heterocycles. The lowest BCUT2D eigenvalue weighted by molar-refractivity contribution is -0.155. The number of hydrogen-bond donors (Lipinski definition) is 5. The largest absolute Gasteiger partial charge is 0.462 e. The first-order valence-electron chi connectivity index (χ1n) is 14.2. The molecule has 1 unspecified atom stereocenters. The highest BCUT2D eigenvalue weighted by atomic mass is 35.5. The minimum atomic E-state index is -1.49. The first kappa shape index (κ1) is 32.4. The number of fused-ring (bicyclic) bond motifs is 1. The van der Waals surface area contributed by atoms with Crippen molar-refractivity contribution in [3.05, 3.63) is 70.0 Å². The molecule has 3 aliphatic rings. The third-order valence-corrected chi connectivity index (χ3v) is 8.10. The summed E-state index contributed by atoms with van der Waals surface area (Å²) in [6, 6.07) is 9.64. The van der Waals surface area contributed by atoms with E-state index in [1.54, 1.807) is 19.1 Å². The Labute approximate surface area is 258 Å². The van der Waals surface area contributed by atoms with Gasteiger partial charge in [-0.1, -0.05) is 29.8 Å². The second-order valence-corrected chi connectivity index (χ2v) is 11.5. The number of carbonyl (C=O) groups is 1. The van der Waals surface area contributed by atoms with Crippen LogP contribution in [0, 0.1) is 5.82 Å². The van der Waals surface area contributed by atoms with Crippen LogP contribution in [0.15, 0.2) is 58.3 Å². The highest BCUT2D eigenvalue weighted by Crippen LogP contribution is 2.31. The predicted octanol–water partition coefficient (Wildman–Crippen LogP) is 2.10. The highest BCUT2D eigenvalue weighted by Gasteiger charge is 2.53. The van der Waals surface area contributed by atoms with Gasteiger partial charge in [-0.3, -0.25) is 4.79 Å². The molecule has 10 atom stereocenters. The average molecular weight is 636 g/mol. The van der Waals surface area contributed by atoms with Gasteiger partial charge in [0.2, 0.25) is 12.2 Å². The summed E-state index contributed by atoms with van der Waals surface area (Å²) in [7, 11) is 0. The standard InChI is InChI=1S/C30H35ClFN3O9/c1-14(30(40)34-23-24(37)26(39)29-28(25(23)38)41-13-42-29)8-16-6-7-21(19(32)10-16)43-22-11-20(36)27(44-22)15(2)35-33-12-17-4-3-5-18(31)9-17/h3-10,15,20,22-29,36-39H,11-13H2,1-2H3,(H,34,40)/t15?,20-,22+,23+,24-,25+,26+,27+,28-,29+/m0/s1. The van der Waals surface area contributed by atoms with Gasteiger partial charge in [0.1, 0.15) is 43.4 Å². The van der Waals surface area contributed by atoms with Crippen molar-refractivity contribution >= 4 is 23.6 Å². The molecule has 2 aromatic carbocycles. The van der Waals surface area contributed by atoms with Crippen LogP contribution in [0.25, 0.3) is 6.08 Å². The molecule has 0 spiro atoms. The third kappa shape index (κ3) is 7.27. The maximum Gasteiger partial charge on any atom is 0.247 e. The summed E-state index contributed by atoms with van der Waals surface area (Å²) in [6.45, 7) is 3.41. The Balaban J connectivity index is 1.15. The quantitative estimate of drug-likeness (QED) is 0.204. The molecule has 0 radical (unpaired) electrons. The van der Waals surface area contributed by atoms with Gasteiger partial charge in [-0.2, -0.15) is 10.2 Å². The van der Waals surface area contributed by atoms with E-state index in [0.29, 0.717) is 17.1 Å². The maximum atomic E-state index is 15.0. The van der Waals surface area contributed by atoms with Crippen LogP contribution < -0.4 is 10.1 Å². The number of nitrogens with zero attached hydrogens (tertiary/aromatic N) is 2. The van der Waals surface area contributed by atoms with E-state index in [2.05, 4.69) is 15.5 Å². The second-order valence-electron chi connectivity index (χ2n) is 11.1. The van der Waals surface area contributed by atoms with Crippen molar-refractivity contribution in [2.45, 2.75) is 87.9 Å². The van der Waals surface area contributed by atoms with Gasteiger partial charge in [-0.05, 0) is 55.3 Å². The molecule has 238 valence electrons. The number of hydrogen-bond acceptors (Lipinski definition) is 11. The van der Waals surface area contributed by atoms with Crippen LogP contribution >= 0.6 is 11.6 Å². The van der Waals surface area contributed by atoms with E-state index >= 15 is 0 Å². The zero-order valence-corrected chi connectivity index (χ0v) is 24.8. The van der Waals surface area contributed by atoms with Gasteiger partial charge in [-0.25, -0.2) is 4.39 Å². The van der Waals surface area contributed by atoms with Gasteiger partial charge < -0.3 is 44.7 Å². The number of benzene rings is 2. The minimum absolute atomic E-state index is 0.103. The number of nitrogens with one attached hydrogen (secondary N) is 1. The van der Waals surface area contributed by atoms with Gasteiger partial charge in [0.25, 0.3) is 0 Å². The van der Waals surface area contributed by atoms with E-state index in [1.165, 1.54) is 31.2 Å². The van der Waals surface area contributed by atoms with E-state index < -0.39 is 72.8 Å². The third-order valence-electron chi connectivity index (χ3n) is 7.86. The van der Waals surface area contributed by atoms with E-state index in [4.69, 9.17) is 30.5 Å². The Morgan fingerprint density at radius 2 is 1.89 bits per heavy atom. The Morgan fingerprint density at radius 1 is 1.14 bits per heavy atom. The number of amides is 1. The van der Waals surface area contributed by atoms with E-state index in [1.807, 2.05) is 12.1 Å². The Bertz CT molecular complexity index is 1400. The zero-order chi connectivity index (χ0) is 31.5. The molecule has 3 fully saturated rings. The molecule has 5 rings (SSSR count). The molecule has 0 aromatic heterocycles. The Hall–Kier alpha value is -3.01. The lowest BCUT2D eigenvalue weighted by atomic mass is 9.83. The minimum Gasteiger partial charge on any atom is -0.462 e. The Morgan fingerprint density at radius 3 is 2.61 bits per heavy atom. The number of aliphatic hydroxyl groups excluding tert-OH is 4. The molecule has 1 aliphatic carbocycles. The lowest BCUT2D eigenvalue weighted by Crippen LogP contribution is -2.67. The van der Waals surface area contributed by atoms with Crippen LogP contribution in [0.1, 0.15) is 31.4 Å². The monoisotopic (exact) mass is 635 g/mol. The van der Waals surface area contributed by atoms with Crippen LogP contribution in [0.5, 0.6) is 5.75 Å². The van der Waals surface area contributed by atoms with Crippen molar-refractivity contribution in [2.75, 3.05) is 6.79 Å². The first-order chi connectivity index (χ1) is 21.0. The predicted molar refractivity (Wildman–Crippen MR) is 154 cm³/mol. The first-order valence-corrected chi connectivity index (χ1v) is 14.6. The van der Waals surface area contributed by atoms with Gasteiger partial charge in [-0.15, -0.1) is 0 Å². The van der Waals surface area contributed by atoms with E-state index in [-0.39, 0.29) is 24.5 Å². The molecule has 2 saturated heterocycles. The molecule has 2 aromatic rings. The molecular formula is C30H35ClFN3O9. The summed E-state index contributed by atoms with van der Waals surface area (Å²) in [6.07, 6.45) is -6.98. The molecule has 1 saturated carbocycles. The van der Waals surface area contributed by atoms with Crippen LogP contribution in [0.3, 0.4) is 0 Å². The summed E-state index contributed by atoms with van der Waals surface area (Å²) in [5.74, 6) is -1.46. The summed E-state index contributed by atoms with van der Waals surface area (Å²) in [4.78, 5) is 12.8. The zero-order valence-electron chi connectivity index (χ0n) is 24.0. The number of ether oxygens (including phenoxy) is 4. The average Bonchev–Trinajstić information content (AvgIpc) is 3.62. The fourth-order valence-corrected chi connectivity index (χ4v) is 5.71. The van der Waals surface area contributed by atoms with Crippen LogP contribution in [0.4, 0.5) is 4.39 Å². The van der Waals surface area contributed by atoms with Crippen molar-refractivity contribution in [3.63, 3.8) is 0 Å². The van der Waals surface area contributed by atoms with Gasteiger partial charge in [0, 0.05) is 17.0 Å².